The Morgan fingerprint density at radius 2 is 1.82 bits per heavy atom. The molecule has 0 radical (unpaired) electrons. The molecule has 0 saturated carbocycles. The summed E-state index contributed by atoms with van der Waals surface area (Å²) in [6.45, 7) is 1.84. The van der Waals surface area contributed by atoms with E-state index >= 15 is 0 Å². The van der Waals surface area contributed by atoms with Crippen LogP contribution in [0.5, 0.6) is 11.5 Å². The molecule has 0 aliphatic carbocycles. The Balaban J connectivity index is 1.59. The number of anilines is 1. The number of methoxy groups -OCH3 is 1. The molecule has 0 fully saturated rings. The Morgan fingerprint density at radius 3 is 2.47 bits per heavy atom. The highest BCUT2D eigenvalue weighted by atomic mass is 35.5. The normalized spacial score (nSPS) is 11.5. The van der Waals surface area contributed by atoms with Gasteiger partial charge in [-0.05, 0) is 55.0 Å². The zero-order chi connectivity index (χ0) is 27.3. The first-order valence-corrected chi connectivity index (χ1v) is 13.5. The van der Waals surface area contributed by atoms with E-state index in [1.807, 2.05) is 13.0 Å². The molecule has 1 N–H and O–H groups in total. The molecule has 0 bridgehead atoms. The summed E-state index contributed by atoms with van der Waals surface area (Å²) < 4.78 is 36.1. The summed E-state index contributed by atoms with van der Waals surface area (Å²) >= 11 is 7.39. The van der Waals surface area contributed by atoms with Crippen molar-refractivity contribution in [2.75, 3.05) is 12.4 Å². The van der Waals surface area contributed by atoms with E-state index in [0.717, 1.165) is 16.9 Å². The molecule has 4 aromatic rings. The third-order valence-corrected chi connectivity index (χ3v) is 7.49. The SMILES string of the molecule is COc1cc(C=C(C#N)c2nnc(NC(=O)c3ccccc3)s2)cc(Cl)c1OS(=O)(=O)c1ccc(C)cc1. The molecule has 12 heteroatoms. The highest BCUT2D eigenvalue weighted by Gasteiger charge is 2.22. The number of aromatic nitrogens is 2. The molecule has 3 aromatic carbocycles. The summed E-state index contributed by atoms with van der Waals surface area (Å²) in [5, 5.41) is 20.7. The smallest absolute Gasteiger partial charge is 0.339 e. The van der Waals surface area contributed by atoms with E-state index in [9.17, 15) is 18.5 Å². The summed E-state index contributed by atoms with van der Waals surface area (Å²) in [5.74, 6) is -0.500. The molecule has 1 aromatic heterocycles. The number of hydrogen-bond acceptors (Lipinski definition) is 9. The molecule has 0 spiro atoms. The van der Waals surface area contributed by atoms with Gasteiger partial charge in [0, 0.05) is 5.56 Å². The largest absolute Gasteiger partial charge is 0.493 e. The van der Waals surface area contributed by atoms with Crippen molar-refractivity contribution in [3.05, 3.63) is 93.5 Å². The van der Waals surface area contributed by atoms with Crippen LogP contribution in [0.1, 0.15) is 26.5 Å². The minimum atomic E-state index is -4.18. The topological polar surface area (TPSA) is 131 Å². The van der Waals surface area contributed by atoms with Crippen molar-refractivity contribution in [3.8, 4) is 17.6 Å². The van der Waals surface area contributed by atoms with Gasteiger partial charge in [0.25, 0.3) is 5.91 Å². The summed E-state index contributed by atoms with van der Waals surface area (Å²) in [6.07, 6.45) is 1.48. The number of rotatable bonds is 8. The molecule has 0 aliphatic heterocycles. The number of benzene rings is 3. The number of halogens is 1. The molecule has 0 aliphatic rings. The van der Waals surface area contributed by atoms with Gasteiger partial charge in [-0.25, -0.2) is 0 Å². The second kappa shape index (κ2) is 11.4. The summed E-state index contributed by atoms with van der Waals surface area (Å²) in [6, 6.07) is 19.7. The fourth-order valence-electron chi connectivity index (χ4n) is 3.22. The lowest BCUT2D eigenvalue weighted by molar-refractivity contribution is 0.102. The molecule has 38 heavy (non-hydrogen) atoms. The van der Waals surface area contributed by atoms with Crippen LogP contribution in [0.4, 0.5) is 5.13 Å². The number of ether oxygens (including phenoxy) is 1. The predicted molar refractivity (Wildman–Crippen MR) is 145 cm³/mol. The van der Waals surface area contributed by atoms with Crippen molar-refractivity contribution in [2.45, 2.75) is 11.8 Å². The molecule has 1 heterocycles. The summed E-state index contributed by atoms with van der Waals surface area (Å²) in [7, 11) is -2.84. The van der Waals surface area contributed by atoms with E-state index in [0.29, 0.717) is 11.1 Å². The van der Waals surface area contributed by atoms with E-state index in [1.54, 1.807) is 42.5 Å². The molecule has 192 valence electrons. The Kier molecular flexibility index (Phi) is 8.07. The van der Waals surface area contributed by atoms with Crippen molar-refractivity contribution < 1.29 is 22.1 Å². The van der Waals surface area contributed by atoms with Crippen LogP contribution < -0.4 is 14.2 Å². The van der Waals surface area contributed by atoms with Gasteiger partial charge in [0.2, 0.25) is 10.9 Å². The number of hydrogen-bond donors (Lipinski definition) is 1. The first-order chi connectivity index (χ1) is 18.2. The lowest BCUT2D eigenvalue weighted by Crippen LogP contribution is -2.11. The van der Waals surface area contributed by atoms with Gasteiger partial charge >= 0.3 is 10.1 Å². The number of nitriles is 1. The molecule has 9 nitrogen and oxygen atoms in total. The third-order valence-electron chi connectivity index (χ3n) is 5.10. The number of carbonyl (C=O) groups excluding carboxylic acids is 1. The van der Waals surface area contributed by atoms with Crippen molar-refractivity contribution in [2.24, 2.45) is 0 Å². The van der Waals surface area contributed by atoms with E-state index in [2.05, 4.69) is 15.5 Å². The minimum absolute atomic E-state index is 0.0385. The van der Waals surface area contributed by atoms with E-state index in [1.165, 1.54) is 37.5 Å². The van der Waals surface area contributed by atoms with Crippen LogP contribution in [0.15, 0.2) is 71.6 Å². The fourth-order valence-corrected chi connectivity index (χ4v) is 5.18. The van der Waals surface area contributed by atoms with Gasteiger partial charge in [0.1, 0.15) is 11.0 Å². The van der Waals surface area contributed by atoms with Crippen LogP contribution in [0, 0.1) is 18.3 Å². The van der Waals surface area contributed by atoms with Crippen LogP contribution in [-0.2, 0) is 10.1 Å². The number of amides is 1. The fraction of sp³-hybridized carbons (Fsp3) is 0.0769. The predicted octanol–water partition coefficient (Wildman–Crippen LogP) is 5.59. The quantitative estimate of drug-likeness (QED) is 0.215. The third kappa shape index (κ3) is 6.18. The van der Waals surface area contributed by atoms with Gasteiger partial charge < -0.3 is 8.92 Å². The maximum absolute atomic E-state index is 12.8. The number of carbonyl (C=O) groups is 1. The van der Waals surface area contributed by atoms with E-state index < -0.39 is 10.1 Å². The van der Waals surface area contributed by atoms with Crippen LogP contribution in [0.25, 0.3) is 11.6 Å². The van der Waals surface area contributed by atoms with E-state index in [4.69, 9.17) is 20.5 Å². The maximum Gasteiger partial charge on any atom is 0.339 e. The monoisotopic (exact) mass is 566 g/mol. The first-order valence-electron chi connectivity index (χ1n) is 10.9. The first kappa shape index (κ1) is 26.8. The lowest BCUT2D eigenvalue weighted by Gasteiger charge is -2.13. The molecule has 0 saturated heterocycles. The second-order valence-electron chi connectivity index (χ2n) is 7.79. The molecule has 4 rings (SSSR count). The summed E-state index contributed by atoms with van der Waals surface area (Å²) in [4.78, 5) is 12.3. The Bertz CT molecular complexity index is 1660. The van der Waals surface area contributed by atoms with Gasteiger partial charge in [-0.2, -0.15) is 13.7 Å². The number of allylic oxidation sites excluding steroid dienone is 1. The van der Waals surface area contributed by atoms with Crippen molar-refractivity contribution in [3.63, 3.8) is 0 Å². The van der Waals surface area contributed by atoms with Crippen LogP contribution in [-0.4, -0.2) is 31.6 Å². The Hall–Kier alpha value is -4.24. The second-order valence-corrected chi connectivity index (χ2v) is 10.7. The average Bonchev–Trinajstić information content (AvgIpc) is 3.37. The van der Waals surface area contributed by atoms with Gasteiger partial charge in [0.05, 0.1) is 17.7 Å². The van der Waals surface area contributed by atoms with Crippen LogP contribution in [0.2, 0.25) is 5.02 Å². The zero-order valence-electron chi connectivity index (χ0n) is 20.0. The van der Waals surface area contributed by atoms with Gasteiger partial charge in [-0.3, -0.25) is 10.1 Å². The van der Waals surface area contributed by atoms with Crippen LogP contribution >= 0.6 is 22.9 Å². The van der Waals surface area contributed by atoms with Gasteiger partial charge in [0.15, 0.2) is 10.8 Å². The molecular formula is C26H19ClN4O5S2. The van der Waals surface area contributed by atoms with Crippen molar-refractivity contribution in [1.29, 1.82) is 5.26 Å². The van der Waals surface area contributed by atoms with Crippen molar-refractivity contribution in [1.82, 2.24) is 10.2 Å². The van der Waals surface area contributed by atoms with E-state index in [-0.39, 0.29) is 43.0 Å². The minimum Gasteiger partial charge on any atom is -0.493 e. The Morgan fingerprint density at radius 1 is 1.11 bits per heavy atom. The molecule has 0 atom stereocenters. The standard InChI is InChI=1S/C26H19ClN4O5S2/c1-16-8-10-20(11-9-16)38(33,34)36-23-21(27)13-17(14-22(23)35-2)12-19(15-28)25-30-31-26(37-25)29-24(32)18-6-4-3-5-7-18/h3-14H,1-2H3,(H,29,31,32). The van der Waals surface area contributed by atoms with Crippen molar-refractivity contribution >= 4 is 55.7 Å². The number of aryl methyl sites for hydroxylation is 1. The number of nitrogens with one attached hydrogen (secondary N) is 1. The number of nitrogens with zero attached hydrogens (tertiary/aromatic N) is 3. The average molecular weight is 567 g/mol. The van der Waals surface area contributed by atoms with Gasteiger partial charge in [-0.15, -0.1) is 10.2 Å². The zero-order valence-corrected chi connectivity index (χ0v) is 22.4. The highest BCUT2D eigenvalue weighted by molar-refractivity contribution is 7.87. The summed E-state index contributed by atoms with van der Waals surface area (Å²) in [5.41, 5.74) is 1.91. The lowest BCUT2D eigenvalue weighted by atomic mass is 10.1. The highest BCUT2D eigenvalue weighted by Crippen LogP contribution is 2.39. The van der Waals surface area contributed by atoms with Gasteiger partial charge in [-0.1, -0.05) is 58.8 Å². The maximum atomic E-state index is 12.8. The Labute approximate surface area is 228 Å². The van der Waals surface area contributed by atoms with Crippen LogP contribution in [0.3, 0.4) is 0 Å². The molecule has 1 amide bonds. The molecule has 0 unspecified atom stereocenters. The molecular weight excluding hydrogens is 548 g/mol.